The molecule has 0 saturated carbocycles. The predicted molar refractivity (Wildman–Crippen MR) is 140 cm³/mol. The molecule has 2 aliphatic heterocycles. The van der Waals surface area contributed by atoms with E-state index < -0.39 is 0 Å². The van der Waals surface area contributed by atoms with E-state index in [-0.39, 0.29) is 24.1 Å². The largest absolute Gasteiger partial charge is 0.448 e. The first kappa shape index (κ1) is 21.4. The van der Waals surface area contributed by atoms with E-state index in [1.165, 1.54) is 33.4 Å². The van der Waals surface area contributed by atoms with Crippen LogP contribution in [0.1, 0.15) is 54.2 Å². The summed E-state index contributed by atoms with van der Waals surface area (Å²) in [5.41, 5.74) is 9.13. The molecule has 0 spiro atoms. The van der Waals surface area contributed by atoms with Crippen molar-refractivity contribution in [2.24, 2.45) is 0 Å². The SMILES string of the molecule is Cc1nc2cc(C3=CC4CCCC(C3)N4C(=O)OCC3c4ccccc4-c4ccccc43)ccc2o1. The average molecular weight is 477 g/mol. The summed E-state index contributed by atoms with van der Waals surface area (Å²) in [7, 11) is 0. The summed E-state index contributed by atoms with van der Waals surface area (Å²) >= 11 is 0. The van der Waals surface area contributed by atoms with Gasteiger partial charge in [-0.2, -0.15) is 0 Å². The smallest absolute Gasteiger partial charge is 0.410 e. The first-order chi connectivity index (χ1) is 17.7. The molecule has 1 amide bonds. The average Bonchev–Trinajstić information content (AvgIpc) is 3.42. The van der Waals surface area contributed by atoms with Crippen LogP contribution in [-0.2, 0) is 4.74 Å². The maximum atomic E-state index is 13.5. The third-order valence-corrected chi connectivity index (χ3v) is 8.05. The number of fused-ring (bicyclic) bond motifs is 6. The molecule has 1 aromatic heterocycles. The van der Waals surface area contributed by atoms with Crippen LogP contribution >= 0.6 is 0 Å². The van der Waals surface area contributed by atoms with Crippen LogP contribution in [0.15, 0.2) is 77.2 Å². The van der Waals surface area contributed by atoms with Crippen LogP contribution < -0.4 is 0 Å². The molecule has 5 heteroatoms. The summed E-state index contributed by atoms with van der Waals surface area (Å²) < 4.78 is 11.7. The number of rotatable bonds is 3. The van der Waals surface area contributed by atoms with Crippen LogP contribution in [-0.4, -0.2) is 34.7 Å². The van der Waals surface area contributed by atoms with Crippen molar-refractivity contribution in [3.63, 3.8) is 0 Å². The lowest BCUT2D eigenvalue weighted by Crippen LogP contribution is -2.51. The van der Waals surface area contributed by atoms with E-state index in [2.05, 4.69) is 71.7 Å². The minimum atomic E-state index is -0.190. The van der Waals surface area contributed by atoms with Gasteiger partial charge in [0.2, 0.25) is 0 Å². The van der Waals surface area contributed by atoms with Crippen molar-refractivity contribution in [2.75, 3.05) is 6.61 Å². The van der Waals surface area contributed by atoms with Crippen molar-refractivity contribution >= 4 is 22.8 Å². The van der Waals surface area contributed by atoms with Crippen LogP contribution in [0.3, 0.4) is 0 Å². The minimum Gasteiger partial charge on any atom is -0.448 e. The zero-order valence-corrected chi connectivity index (χ0v) is 20.3. The summed E-state index contributed by atoms with van der Waals surface area (Å²) in [5, 5.41) is 0. The first-order valence-electron chi connectivity index (χ1n) is 12.9. The Kier molecular flexibility index (Phi) is 4.98. The van der Waals surface area contributed by atoms with Crippen LogP contribution in [0.25, 0.3) is 27.8 Å². The Balaban J connectivity index is 1.12. The molecular weight excluding hydrogens is 448 g/mol. The summed E-state index contributed by atoms with van der Waals surface area (Å²) in [5.74, 6) is 0.757. The zero-order chi connectivity index (χ0) is 24.2. The van der Waals surface area contributed by atoms with Crippen LogP contribution in [0.5, 0.6) is 0 Å². The second-order valence-electron chi connectivity index (χ2n) is 10.2. The van der Waals surface area contributed by atoms with Gasteiger partial charge in [-0.1, -0.05) is 60.7 Å². The summed E-state index contributed by atoms with van der Waals surface area (Å²) in [4.78, 5) is 20.0. The molecule has 1 aliphatic carbocycles. The fourth-order valence-electron chi connectivity index (χ4n) is 6.44. The molecule has 1 saturated heterocycles. The molecule has 4 aromatic rings. The highest BCUT2D eigenvalue weighted by Crippen LogP contribution is 2.45. The van der Waals surface area contributed by atoms with Crippen molar-refractivity contribution in [2.45, 2.75) is 50.6 Å². The number of hydrogen-bond acceptors (Lipinski definition) is 4. The van der Waals surface area contributed by atoms with E-state index in [9.17, 15) is 4.79 Å². The maximum absolute atomic E-state index is 13.5. The monoisotopic (exact) mass is 476 g/mol. The van der Waals surface area contributed by atoms with Gasteiger partial charge < -0.3 is 9.15 Å². The molecule has 0 radical (unpaired) electrons. The van der Waals surface area contributed by atoms with Gasteiger partial charge in [0.25, 0.3) is 0 Å². The molecule has 3 aromatic carbocycles. The lowest BCUT2D eigenvalue weighted by molar-refractivity contribution is 0.0539. The Morgan fingerprint density at radius 1 is 1.03 bits per heavy atom. The number of aromatic nitrogens is 1. The predicted octanol–water partition coefficient (Wildman–Crippen LogP) is 7.10. The van der Waals surface area contributed by atoms with E-state index in [0.717, 1.165) is 36.8 Å². The Morgan fingerprint density at radius 3 is 2.53 bits per heavy atom. The van der Waals surface area contributed by atoms with Gasteiger partial charge in [-0.25, -0.2) is 9.78 Å². The van der Waals surface area contributed by atoms with E-state index in [4.69, 9.17) is 9.15 Å². The third-order valence-electron chi connectivity index (χ3n) is 8.05. The number of piperidine rings is 1. The molecule has 3 aliphatic rings. The molecule has 5 nitrogen and oxygen atoms in total. The molecule has 2 atom stereocenters. The number of hydrogen-bond donors (Lipinski definition) is 0. The molecule has 2 bridgehead atoms. The van der Waals surface area contributed by atoms with Crippen LogP contribution in [0, 0.1) is 6.92 Å². The molecule has 1 fully saturated rings. The van der Waals surface area contributed by atoms with Gasteiger partial charge in [-0.05, 0) is 71.2 Å². The highest BCUT2D eigenvalue weighted by Gasteiger charge is 2.39. The van der Waals surface area contributed by atoms with Gasteiger partial charge in [0.15, 0.2) is 11.5 Å². The fourth-order valence-corrected chi connectivity index (χ4v) is 6.44. The Hall–Kier alpha value is -3.86. The quantitative estimate of drug-likeness (QED) is 0.317. The second kappa shape index (κ2) is 8.37. The lowest BCUT2D eigenvalue weighted by Gasteiger charge is -2.44. The van der Waals surface area contributed by atoms with Crippen molar-refractivity contribution in [3.05, 3.63) is 95.4 Å². The van der Waals surface area contributed by atoms with Gasteiger partial charge in [0, 0.05) is 18.9 Å². The van der Waals surface area contributed by atoms with Crippen molar-refractivity contribution in [3.8, 4) is 11.1 Å². The lowest BCUT2D eigenvalue weighted by atomic mass is 9.83. The number of carbonyl (C=O) groups is 1. The van der Waals surface area contributed by atoms with Gasteiger partial charge in [-0.15, -0.1) is 0 Å². The van der Waals surface area contributed by atoms with Crippen molar-refractivity contribution in [1.29, 1.82) is 0 Å². The molecule has 180 valence electrons. The van der Waals surface area contributed by atoms with Gasteiger partial charge in [0.05, 0.1) is 6.04 Å². The Bertz CT molecular complexity index is 1470. The third kappa shape index (κ3) is 3.45. The van der Waals surface area contributed by atoms with Gasteiger partial charge >= 0.3 is 6.09 Å². The Morgan fingerprint density at radius 2 is 1.78 bits per heavy atom. The van der Waals surface area contributed by atoms with Crippen molar-refractivity contribution < 1.29 is 13.9 Å². The molecule has 0 N–H and O–H groups in total. The standard InChI is InChI=1S/C31H28N2O3/c1-19-32-29-17-20(13-14-30(29)36-19)21-15-22-7-6-8-23(16-21)33(22)31(34)35-18-28-26-11-4-2-9-24(26)25-10-3-5-12-27(25)28/h2-5,9-15,17,22-23,28H,6-8,16,18H2,1H3. The number of amides is 1. The van der Waals surface area contributed by atoms with E-state index in [1.807, 2.05) is 17.9 Å². The number of ether oxygens (including phenoxy) is 1. The summed E-state index contributed by atoms with van der Waals surface area (Å²) in [6.45, 7) is 2.23. The fraction of sp³-hybridized carbons (Fsp3) is 0.290. The maximum Gasteiger partial charge on any atom is 0.410 e. The second-order valence-corrected chi connectivity index (χ2v) is 10.2. The van der Waals surface area contributed by atoms with Gasteiger partial charge in [-0.3, -0.25) is 4.90 Å². The topological polar surface area (TPSA) is 55.6 Å². The highest BCUT2D eigenvalue weighted by molar-refractivity contribution is 5.82. The van der Waals surface area contributed by atoms with Crippen LogP contribution in [0.4, 0.5) is 4.79 Å². The number of benzene rings is 3. The highest BCUT2D eigenvalue weighted by atomic mass is 16.6. The number of nitrogens with zero attached hydrogens (tertiary/aromatic N) is 2. The molecule has 36 heavy (non-hydrogen) atoms. The van der Waals surface area contributed by atoms with Crippen molar-refractivity contribution in [1.82, 2.24) is 9.88 Å². The minimum absolute atomic E-state index is 0.0675. The van der Waals surface area contributed by atoms with E-state index in [1.54, 1.807) is 0 Å². The normalized spacial score (nSPS) is 20.7. The molecule has 2 unspecified atom stereocenters. The Labute approximate surface area is 210 Å². The summed E-state index contributed by atoms with van der Waals surface area (Å²) in [6.07, 6.45) is 6.02. The first-order valence-corrected chi connectivity index (χ1v) is 12.9. The molecular formula is C31H28N2O3. The van der Waals surface area contributed by atoms with Gasteiger partial charge in [0.1, 0.15) is 12.1 Å². The zero-order valence-electron chi connectivity index (χ0n) is 20.3. The van der Waals surface area contributed by atoms with Crippen LogP contribution in [0.2, 0.25) is 0 Å². The molecule has 3 heterocycles. The number of oxazole rings is 1. The number of carbonyl (C=O) groups excluding carboxylic acids is 1. The molecule has 7 rings (SSSR count). The van der Waals surface area contributed by atoms with E-state index in [0.29, 0.717) is 12.5 Å². The van der Waals surface area contributed by atoms with E-state index >= 15 is 0 Å². The summed E-state index contributed by atoms with van der Waals surface area (Å²) in [6, 6.07) is 23.4. The number of aryl methyl sites for hydroxylation is 1.